The molecule has 162 valence electrons. The SMILES string of the molecule is O=C(COC(=O)c1ccc2c(c1)S(=O)(=O)c1ccccc1C2=O)Nc1ncc(Cl)cc1Cl. The van der Waals surface area contributed by atoms with Crippen LogP contribution in [0.4, 0.5) is 5.82 Å². The molecule has 1 N–H and O–H groups in total. The van der Waals surface area contributed by atoms with E-state index in [1.165, 1.54) is 42.6 Å². The number of carbonyl (C=O) groups excluding carboxylic acids is 3. The highest BCUT2D eigenvalue weighted by Crippen LogP contribution is 2.34. The van der Waals surface area contributed by atoms with E-state index in [9.17, 15) is 22.8 Å². The number of rotatable bonds is 4. The van der Waals surface area contributed by atoms with Gasteiger partial charge in [-0.1, -0.05) is 35.3 Å². The summed E-state index contributed by atoms with van der Waals surface area (Å²) in [6.07, 6.45) is 1.28. The first kappa shape index (κ1) is 21.9. The van der Waals surface area contributed by atoms with Crippen LogP contribution in [0.25, 0.3) is 0 Å². The summed E-state index contributed by atoms with van der Waals surface area (Å²) in [4.78, 5) is 40.5. The molecule has 0 aliphatic carbocycles. The third-order valence-electron chi connectivity index (χ3n) is 4.57. The minimum atomic E-state index is -4.01. The quantitative estimate of drug-likeness (QED) is 0.434. The summed E-state index contributed by atoms with van der Waals surface area (Å²) in [5.74, 6) is -2.09. The number of halogens is 2. The van der Waals surface area contributed by atoms with Crippen molar-refractivity contribution in [1.29, 1.82) is 0 Å². The van der Waals surface area contributed by atoms with Crippen LogP contribution in [0, 0.1) is 0 Å². The fourth-order valence-electron chi connectivity index (χ4n) is 3.10. The van der Waals surface area contributed by atoms with Crippen molar-refractivity contribution < 1.29 is 27.5 Å². The van der Waals surface area contributed by atoms with E-state index < -0.39 is 34.1 Å². The Balaban J connectivity index is 1.52. The number of ketones is 1. The minimum absolute atomic E-state index is 0.0363. The molecule has 8 nitrogen and oxygen atoms in total. The number of esters is 1. The van der Waals surface area contributed by atoms with E-state index in [0.29, 0.717) is 0 Å². The van der Waals surface area contributed by atoms with Crippen LogP contribution >= 0.6 is 23.2 Å². The summed E-state index contributed by atoms with van der Waals surface area (Å²) in [6, 6.07) is 10.8. The van der Waals surface area contributed by atoms with Crippen molar-refractivity contribution >= 4 is 56.5 Å². The maximum Gasteiger partial charge on any atom is 0.338 e. The van der Waals surface area contributed by atoms with Gasteiger partial charge in [-0.25, -0.2) is 18.2 Å². The predicted octanol–water partition coefficient (Wildman–Crippen LogP) is 3.56. The number of hydrogen-bond donors (Lipinski definition) is 1. The second kappa shape index (κ2) is 8.34. The molecule has 32 heavy (non-hydrogen) atoms. The zero-order chi connectivity index (χ0) is 23.0. The van der Waals surface area contributed by atoms with E-state index in [0.717, 1.165) is 6.07 Å². The minimum Gasteiger partial charge on any atom is -0.452 e. The number of nitrogens with zero attached hydrogens (tertiary/aromatic N) is 1. The number of hydrogen-bond acceptors (Lipinski definition) is 7. The number of ether oxygens (including phenoxy) is 1. The third kappa shape index (κ3) is 3.97. The van der Waals surface area contributed by atoms with Gasteiger partial charge in [0.05, 0.1) is 25.4 Å². The molecule has 0 spiro atoms. The van der Waals surface area contributed by atoms with Crippen LogP contribution in [0.3, 0.4) is 0 Å². The van der Waals surface area contributed by atoms with E-state index in [-0.39, 0.29) is 42.3 Å². The van der Waals surface area contributed by atoms with E-state index in [4.69, 9.17) is 27.9 Å². The van der Waals surface area contributed by atoms with Crippen molar-refractivity contribution in [2.45, 2.75) is 9.79 Å². The maximum atomic E-state index is 12.9. The Morgan fingerprint density at radius 3 is 2.47 bits per heavy atom. The average molecular weight is 491 g/mol. The number of sulfone groups is 1. The molecule has 0 saturated heterocycles. The largest absolute Gasteiger partial charge is 0.452 e. The number of carbonyl (C=O) groups is 3. The van der Waals surface area contributed by atoms with Gasteiger partial charge in [0.1, 0.15) is 0 Å². The lowest BCUT2D eigenvalue weighted by molar-refractivity contribution is -0.119. The van der Waals surface area contributed by atoms with Crippen LogP contribution in [-0.4, -0.2) is 37.7 Å². The molecule has 2 aromatic carbocycles. The van der Waals surface area contributed by atoms with Crippen molar-refractivity contribution in [1.82, 2.24) is 4.98 Å². The molecule has 0 fully saturated rings. The van der Waals surface area contributed by atoms with Gasteiger partial charge < -0.3 is 10.1 Å². The lowest BCUT2D eigenvalue weighted by atomic mass is 10.0. The first-order chi connectivity index (χ1) is 15.2. The fraction of sp³-hybridized carbons (Fsp3) is 0.0476. The molecule has 0 radical (unpaired) electrons. The molecule has 1 aliphatic heterocycles. The standard InChI is InChI=1S/C21H12Cl2N2O6S/c22-12-8-15(23)20(24-9-12)25-18(26)10-31-21(28)11-5-6-14-17(7-11)32(29,30)16-4-2-1-3-13(16)19(14)27/h1-9H,10H2,(H,24,25,26). The number of nitrogens with one attached hydrogen (secondary N) is 1. The number of anilines is 1. The first-order valence-corrected chi connectivity index (χ1v) is 11.2. The molecule has 11 heteroatoms. The van der Waals surface area contributed by atoms with Crippen LogP contribution in [0.2, 0.25) is 10.0 Å². The molecule has 4 rings (SSSR count). The second-order valence-electron chi connectivity index (χ2n) is 6.65. The zero-order valence-corrected chi connectivity index (χ0v) is 18.3. The van der Waals surface area contributed by atoms with Gasteiger partial charge in [0.15, 0.2) is 18.2 Å². The van der Waals surface area contributed by atoms with E-state index in [2.05, 4.69) is 10.3 Å². The summed E-state index contributed by atoms with van der Waals surface area (Å²) in [6.45, 7) is -0.676. The number of pyridine rings is 1. The van der Waals surface area contributed by atoms with Gasteiger partial charge in [-0.15, -0.1) is 0 Å². The molecular weight excluding hydrogens is 479 g/mol. The van der Waals surface area contributed by atoms with Gasteiger partial charge in [0.2, 0.25) is 9.84 Å². The zero-order valence-electron chi connectivity index (χ0n) is 16.0. The Kier molecular flexibility index (Phi) is 5.72. The fourth-order valence-corrected chi connectivity index (χ4v) is 5.21. The van der Waals surface area contributed by atoms with Crippen LogP contribution < -0.4 is 5.32 Å². The van der Waals surface area contributed by atoms with Crippen molar-refractivity contribution in [3.63, 3.8) is 0 Å². The highest BCUT2D eigenvalue weighted by Gasteiger charge is 2.35. The van der Waals surface area contributed by atoms with Crippen LogP contribution in [-0.2, 0) is 19.4 Å². The van der Waals surface area contributed by atoms with Crippen LogP contribution in [0.5, 0.6) is 0 Å². The van der Waals surface area contributed by atoms with E-state index in [1.54, 1.807) is 6.07 Å². The van der Waals surface area contributed by atoms with Gasteiger partial charge in [-0.3, -0.25) is 9.59 Å². The van der Waals surface area contributed by atoms with Crippen molar-refractivity contribution in [3.05, 3.63) is 81.5 Å². The molecule has 1 amide bonds. The molecular formula is C21H12Cl2N2O6S. The lowest BCUT2D eigenvalue weighted by Gasteiger charge is -2.19. The number of fused-ring (bicyclic) bond motifs is 2. The topological polar surface area (TPSA) is 120 Å². The van der Waals surface area contributed by atoms with Crippen LogP contribution in [0.15, 0.2) is 64.5 Å². The summed E-state index contributed by atoms with van der Waals surface area (Å²) >= 11 is 11.7. The molecule has 1 aromatic heterocycles. The first-order valence-electron chi connectivity index (χ1n) is 8.99. The molecule has 0 saturated carbocycles. The van der Waals surface area contributed by atoms with Crippen molar-refractivity contribution in [3.8, 4) is 0 Å². The summed E-state index contributed by atoms with van der Waals surface area (Å²) in [5.41, 5.74) is -0.0992. The van der Waals surface area contributed by atoms with Crippen molar-refractivity contribution in [2.75, 3.05) is 11.9 Å². The number of aromatic nitrogens is 1. The Morgan fingerprint density at radius 1 is 1.00 bits per heavy atom. The average Bonchev–Trinajstić information content (AvgIpc) is 2.77. The predicted molar refractivity (Wildman–Crippen MR) is 115 cm³/mol. The van der Waals surface area contributed by atoms with Gasteiger partial charge in [-0.05, 0) is 36.4 Å². The summed E-state index contributed by atoms with van der Waals surface area (Å²) < 4.78 is 30.8. The van der Waals surface area contributed by atoms with Gasteiger partial charge >= 0.3 is 5.97 Å². The monoisotopic (exact) mass is 490 g/mol. The normalized spacial score (nSPS) is 13.6. The Labute approximate surface area is 192 Å². The summed E-state index contributed by atoms with van der Waals surface area (Å²) in [7, 11) is -4.01. The Morgan fingerprint density at radius 2 is 1.72 bits per heavy atom. The molecule has 3 aromatic rings. The number of amides is 1. The van der Waals surface area contributed by atoms with Gasteiger partial charge in [-0.2, -0.15) is 0 Å². The van der Waals surface area contributed by atoms with Crippen molar-refractivity contribution in [2.24, 2.45) is 0 Å². The smallest absolute Gasteiger partial charge is 0.338 e. The molecule has 0 atom stereocenters. The second-order valence-corrected chi connectivity index (χ2v) is 9.38. The van der Waals surface area contributed by atoms with Gasteiger partial charge in [0, 0.05) is 17.3 Å². The summed E-state index contributed by atoms with van der Waals surface area (Å²) in [5, 5.41) is 2.75. The Hall–Kier alpha value is -3.27. The van der Waals surface area contributed by atoms with E-state index >= 15 is 0 Å². The third-order valence-corrected chi connectivity index (χ3v) is 6.92. The molecule has 1 aliphatic rings. The van der Waals surface area contributed by atoms with E-state index in [1.807, 2.05) is 0 Å². The number of benzene rings is 2. The van der Waals surface area contributed by atoms with Gasteiger partial charge in [0.25, 0.3) is 5.91 Å². The molecule has 2 heterocycles. The van der Waals surface area contributed by atoms with Crippen LogP contribution in [0.1, 0.15) is 26.3 Å². The highest BCUT2D eigenvalue weighted by atomic mass is 35.5. The molecule has 0 unspecified atom stereocenters. The highest BCUT2D eigenvalue weighted by molar-refractivity contribution is 7.91. The Bertz CT molecular complexity index is 1410. The maximum absolute atomic E-state index is 12.9. The lowest BCUT2D eigenvalue weighted by Crippen LogP contribution is -2.23. The molecule has 0 bridgehead atoms.